The lowest BCUT2D eigenvalue weighted by Gasteiger charge is -2.10. The van der Waals surface area contributed by atoms with E-state index in [-0.39, 0.29) is 12.3 Å². The lowest BCUT2D eigenvalue weighted by Crippen LogP contribution is -2.28. The number of methoxy groups -OCH3 is 1. The molecule has 26 heavy (non-hydrogen) atoms. The van der Waals surface area contributed by atoms with Crippen LogP contribution >= 0.6 is 15.9 Å². The van der Waals surface area contributed by atoms with Gasteiger partial charge in [-0.25, -0.2) is 4.79 Å². The first-order chi connectivity index (χ1) is 12.5. The van der Waals surface area contributed by atoms with Gasteiger partial charge in [-0.05, 0) is 51.8 Å². The number of carbonyl (C=O) groups is 2. The van der Waals surface area contributed by atoms with E-state index in [4.69, 9.17) is 9.47 Å². The van der Waals surface area contributed by atoms with Crippen LogP contribution in [0.5, 0.6) is 5.75 Å². The first-order valence-corrected chi connectivity index (χ1v) is 8.54. The number of carbonyl (C=O) groups excluding carboxylic acids is 2. The predicted molar refractivity (Wildman–Crippen MR) is 104 cm³/mol. The van der Waals surface area contributed by atoms with Gasteiger partial charge in [0, 0.05) is 4.47 Å². The van der Waals surface area contributed by atoms with Crippen molar-refractivity contribution in [2.75, 3.05) is 13.7 Å². The maximum absolute atomic E-state index is 12.5. The van der Waals surface area contributed by atoms with E-state index in [1.165, 1.54) is 6.08 Å². The second-order valence-corrected chi connectivity index (χ2v) is 6.01. The number of amides is 1. The third-order valence-electron chi connectivity index (χ3n) is 3.35. The molecule has 2 rings (SSSR count). The molecular weight excluding hydrogens is 398 g/mol. The Morgan fingerprint density at radius 1 is 1.15 bits per heavy atom. The summed E-state index contributed by atoms with van der Waals surface area (Å²) in [5, 5.41) is 2.61. The summed E-state index contributed by atoms with van der Waals surface area (Å²) in [6.45, 7) is 3.56. The van der Waals surface area contributed by atoms with Gasteiger partial charge in [-0.3, -0.25) is 4.79 Å². The van der Waals surface area contributed by atoms with Crippen molar-refractivity contribution >= 4 is 33.9 Å². The van der Waals surface area contributed by atoms with Crippen molar-refractivity contribution in [3.63, 3.8) is 0 Å². The van der Waals surface area contributed by atoms with E-state index in [0.29, 0.717) is 21.3 Å². The molecule has 0 unspecified atom stereocenters. The van der Waals surface area contributed by atoms with Gasteiger partial charge in [0.1, 0.15) is 18.1 Å². The first kappa shape index (κ1) is 19.5. The minimum absolute atomic E-state index is 0.0257. The quantitative estimate of drug-likeness (QED) is 0.422. The number of nitrogens with one attached hydrogen (secondary N) is 1. The summed E-state index contributed by atoms with van der Waals surface area (Å²) < 4.78 is 10.8. The zero-order chi connectivity index (χ0) is 18.9. The van der Waals surface area contributed by atoms with Crippen LogP contribution in [0.1, 0.15) is 15.9 Å². The maximum Gasteiger partial charge on any atom is 0.355 e. The molecule has 134 valence electrons. The van der Waals surface area contributed by atoms with Gasteiger partial charge < -0.3 is 14.8 Å². The molecule has 5 nitrogen and oxygen atoms in total. The normalized spacial score (nSPS) is 10.8. The second-order valence-electron chi connectivity index (χ2n) is 5.15. The summed E-state index contributed by atoms with van der Waals surface area (Å²) >= 11 is 3.32. The van der Waals surface area contributed by atoms with Crippen LogP contribution in [0, 0.1) is 0 Å². The number of rotatable bonds is 7. The second kappa shape index (κ2) is 9.58. The van der Waals surface area contributed by atoms with Crippen molar-refractivity contribution in [1.82, 2.24) is 5.32 Å². The molecule has 0 radical (unpaired) electrons. The van der Waals surface area contributed by atoms with Crippen molar-refractivity contribution in [3.05, 3.63) is 82.5 Å². The van der Waals surface area contributed by atoms with Crippen LogP contribution in [0.2, 0.25) is 0 Å². The first-order valence-electron chi connectivity index (χ1n) is 7.74. The molecule has 0 saturated carbocycles. The summed E-state index contributed by atoms with van der Waals surface area (Å²) in [5.41, 5.74) is 1.14. The van der Waals surface area contributed by atoms with Gasteiger partial charge in [0.2, 0.25) is 0 Å². The molecule has 0 aromatic heterocycles. The molecule has 0 aliphatic heterocycles. The molecule has 0 atom stereocenters. The smallest absolute Gasteiger partial charge is 0.355 e. The van der Waals surface area contributed by atoms with Gasteiger partial charge in [0.05, 0.1) is 12.7 Å². The molecule has 6 heteroatoms. The number of esters is 1. The highest BCUT2D eigenvalue weighted by Crippen LogP contribution is 2.17. The Morgan fingerprint density at radius 3 is 2.46 bits per heavy atom. The van der Waals surface area contributed by atoms with Crippen LogP contribution < -0.4 is 10.1 Å². The fraction of sp³-hybridized carbons (Fsp3) is 0.100. The number of ether oxygens (including phenoxy) is 2. The Kier molecular flexibility index (Phi) is 7.17. The van der Waals surface area contributed by atoms with Crippen molar-refractivity contribution in [2.24, 2.45) is 0 Å². The van der Waals surface area contributed by atoms with Crippen molar-refractivity contribution in [3.8, 4) is 5.75 Å². The van der Waals surface area contributed by atoms with Gasteiger partial charge in [-0.1, -0.05) is 36.9 Å². The minimum atomic E-state index is -0.652. The number of hydrogen-bond donors (Lipinski definition) is 1. The Balaban J connectivity index is 2.29. The fourth-order valence-corrected chi connectivity index (χ4v) is 2.53. The molecular formula is C20H18BrNO4. The molecule has 2 aromatic carbocycles. The lowest BCUT2D eigenvalue weighted by molar-refractivity contribution is -0.138. The van der Waals surface area contributed by atoms with Crippen LogP contribution in [0.4, 0.5) is 0 Å². The highest BCUT2D eigenvalue weighted by atomic mass is 79.9. The van der Waals surface area contributed by atoms with E-state index in [9.17, 15) is 9.59 Å². The standard InChI is InChI=1S/C20H18BrNO4/c1-3-12-26-20(24)18(13-14-8-10-15(25-2)11-9-14)22-19(23)16-6-4-5-7-17(16)21/h3-11,13H,1,12H2,2H3,(H,22,23). The largest absolute Gasteiger partial charge is 0.497 e. The maximum atomic E-state index is 12.5. The molecule has 0 fully saturated rings. The van der Waals surface area contributed by atoms with Crippen LogP contribution in [0.15, 0.2) is 71.4 Å². The van der Waals surface area contributed by atoms with E-state index in [1.807, 2.05) is 0 Å². The Hall–Kier alpha value is -2.86. The van der Waals surface area contributed by atoms with Crippen LogP contribution in [0.3, 0.4) is 0 Å². The summed E-state index contributed by atoms with van der Waals surface area (Å²) in [7, 11) is 1.57. The number of hydrogen-bond acceptors (Lipinski definition) is 4. The topological polar surface area (TPSA) is 64.6 Å². The Morgan fingerprint density at radius 2 is 1.85 bits per heavy atom. The zero-order valence-corrected chi connectivity index (χ0v) is 15.8. The van der Waals surface area contributed by atoms with Gasteiger partial charge >= 0.3 is 5.97 Å². The summed E-state index contributed by atoms with van der Waals surface area (Å²) in [6, 6.07) is 14.0. The molecule has 0 saturated heterocycles. The van der Waals surface area contributed by atoms with Gasteiger partial charge in [-0.15, -0.1) is 0 Å². The molecule has 0 bridgehead atoms. The van der Waals surface area contributed by atoms with Crippen LogP contribution in [-0.2, 0) is 9.53 Å². The van der Waals surface area contributed by atoms with E-state index in [0.717, 1.165) is 0 Å². The van der Waals surface area contributed by atoms with E-state index in [2.05, 4.69) is 27.8 Å². The monoisotopic (exact) mass is 415 g/mol. The van der Waals surface area contributed by atoms with Gasteiger partial charge in [0.25, 0.3) is 5.91 Å². The van der Waals surface area contributed by atoms with E-state index < -0.39 is 11.9 Å². The Bertz CT molecular complexity index is 828. The molecule has 0 spiro atoms. The fourth-order valence-electron chi connectivity index (χ4n) is 2.06. The minimum Gasteiger partial charge on any atom is -0.497 e. The SMILES string of the molecule is C=CCOC(=O)C(=Cc1ccc(OC)cc1)NC(=O)c1ccccc1Br. The summed E-state index contributed by atoms with van der Waals surface area (Å²) in [4.78, 5) is 24.8. The van der Waals surface area contributed by atoms with E-state index in [1.54, 1.807) is 61.7 Å². The van der Waals surface area contributed by atoms with Gasteiger partial charge in [-0.2, -0.15) is 0 Å². The van der Waals surface area contributed by atoms with Crippen molar-refractivity contribution in [1.29, 1.82) is 0 Å². The van der Waals surface area contributed by atoms with Gasteiger partial charge in [0.15, 0.2) is 0 Å². The highest BCUT2D eigenvalue weighted by molar-refractivity contribution is 9.10. The molecule has 1 N–H and O–H groups in total. The van der Waals surface area contributed by atoms with E-state index >= 15 is 0 Å². The average Bonchev–Trinajstić information content (AvgIpc) is 2.66. The predicted octanol–water partition coefficient (Wildman–Crippen LogP) is 3.96. The third-order valence-corrected chi connectivity index (χ3v) is 4.04. The molecule has 0 aliphatic carbocycles. The van der Waals surface area contributed by atoms with Crippen LogP contribution in [0.25, 0.3) is 6.08 Å². The molecule has 0 heterocycles. The zero-order valence-electron chi connectivity index (χ0n) is 14.2. The molecule has 0 aliphatic rings. The Labute approximate surface area is 160 Å². The summed E-state index contributed by atoms with van der Waals surface area (Å²) in [6.07, 6.45) is 3.00. The third kappa shape index (κ3) is 5.32. The average molecular weight is 416 g/mol. The lowest BCUT2D eigenvalue weighted by atomic mass is 10.1. The van der Waals surface area contributed by atoms with Crippen LogP contribution in [-0.4, -0.2) is 25.6 Å². The number of halogens is 1. The highest BCUT2D eigenvalue weighted by Gasteiger charge is 2.17. The van der Waals surface area contributed by atoms with Crippen molar-refractivity contribution < 1.29 is 19.1 Å². The molecule has 2 aromatic rings. The molecule has 1 amide bonds. The van der Waals surface area contributed by atoms with Crippen molar-refractivity contribution in [2.45, 2.75) is 0 Å². The summed E-state index contributed by atoms with van der Waals surface area (Å²) in [5.74, 6) is -0.385. The number of benzene rings is 2.